The van der Waals surface area contributed by atoms with Gasteiger partial charge in [-0.3, -0.25) is 4.79 Å². The van der Waals surface area contributed by atoms with Crippen LogP contribution in [-0.4, -0.2) is 46.8 Å². The molecule has 102 valence electrons. The lowest BCUT2D eigenvalue weighted by Gasteiger charge is -2.21. The van der Waals surface area contributed by atoms with Crippen molar-refractivity contribution in [1.29, 1.82) is 0 Å². The molecule has 0 saturated carbocycles. The molecule has 1 atom stereocenters. The Morgan fingerprint density at radius 3 is 2.65 bits per heavy atom. The summed E-state index contributed by atoms with van der Waals surface area (Å²) in [5.74, 6) is 0.0227. The topological polar surface area (TPSA) is 87.3 Å². The van der Waals surface area contributed by atoms with E-state index >= 15 is 0 Å². The van der Waals surface area contributed by atoms with E-state index in [1.807, 2.05) is 0 Å². The molecule has 0 aliphatic carbocycles. The van der Waals surface area contributed by atoms with Gasteiger partial charge in [-0.2, -0.15) is 0 Å². The van der Waals surface area contributed by atoms with Gasteiger partial charge >= 0.3 is 0 Å². The van der Waals surface area contributed by atoms with Crippen molar-refractivity contribution in [3.63, 3.8) is 0 Å². The highest BCUT2D eigenvalue weighted by molar-refractivity contribution is 7.88. The van der Waals surface area contributed by atoms with E-state index in [4.69, 9.17) is 0 Å². The third-order valence-corrected chi connectivity index (χ3v) is 3.18. The Balaban J connectivity index is 0.00000256. The van der Waals surface area contributed by atoms with Crippen LogP contribution >= 0.6 is 12.4 Å². The Bertz CT molecular complexity index is 328. The van der Waals surface area contributed by atoms with Gasteiger partial charge in [-0.15, -0.1) is 12.4 Å². The second-order valence-corrected chi connectivity index (χ2v) is 5.83. The van der Waals surface area contributed by atoms with Crippen LogP contribution in [0.5, 0.6) is 0 Å². The average molecular weight is 286 g/mol. The zero-order valence-corrected chi connectivity index (χ0v) is 11.5. The number of sulfonamides is 1. The molecule has 6 nitrogen and oxygen atoms in total. The first-order chi connectivity index (χ1) is 7.49. The number of halogens is 1. The number of carbonyl (C=O) groups is 1. The largest absolute Gasteiger partial charge is 0.355 e. The summed E-state index contributed by atoms with van der Waals surface area (Å²) in [5.41, 5.74) is 0. The fourth-order valence-electron chi connectivity index (χ4n) is 1.64. The lowest BCUT2D eigenvalue weighted by Crippen LogP contribution is -2.42. The molecule has 0 aromatic heterocycles. The average Bonchev–Trinajstić information content (AvgIpc) is 2.24. The summed E-state index contributed by atoms with van der Waals surface area (Å²) in [6, 6.07) is 0. The maximum Gasteiger partial charge on any atom is 0.224 e. The molecule has 3 N–H and O–H groups in total. The summed E-state index contributed by atoms with van der Waals surface area (Å²) in [4.78, 5) is 11.6. The van der Waals surface area contributed by atoms with Crippen molar-refractivity contribution in [3.05, 3.63) is 0 Å². The van der Waals surface area contributed by atoms with Gasteiger partial charge in [-0.1, -0.05) is 0 Å². The van der Waals surface area contributed by atoms with Gasteiger partial charge in [0.1, 0.15) is 0 Å². The van der Waals surface area contributed by atoms with Crippen molar-refractivity contribution in [2.45, 2.75) is 12.8 Å². The molecule has 0 aromatic rings. The second-order valence-electron chi connectivity index (χ2n) is 4.00. The molecule has 17 heavy (non-hydrogen) atoms. The molecule has 1 aliphatic heterocycles. The highest BCUT2D eigenvalue weighted by Gasteiger charge is 2.20. The fraction of sp³-hybridized carbons (Fsp3) is 0.889. The molecule has 1 saturated heterocycles. The predicted molar refractivity (Wildman–Crippen MR) is 68.7 cm³/mol. The number of hydrogen-bond acceptors (Lipinski definition) is 4. The van der Waals surface area contributed by atoms with Gasteiger partial charge in [0, 0.05) is 19.6 Å². The highest BCUT2D eigenvalue weighted by atomic mass is 35.5. The first-order valence-electron chi connectivity index (χ1n) is 5.42. The van der Waals surface area contributed by atoms with Crippen LogP contribution in [0.25, 0.3) is 0 Å². The van der Waals surface area contributed by atoms with E-state index in [9.17, 15) is 13.2 Å². The standard InChI is InChI=1S/C9H19N3O3S.ClH/c1-16(14,15)12-6-5-11-9(13)8-3-2-4-10-7-8;/h8,10,12H,2-7H2,1H3,(H,11,13);1H. The molecule has 0 aromatic carbocycles. The molecule has 1 fully saturated rings. The summed E-state index contributed by atoms with van der Waals surface area (Å²) in [5, 5.41) is 5.88. The Hall–Kier alpha value is -0.370. The Kier molecular flexibility index (Phi) is 7.69. The SMILES string of the molecule is CS(=O)(=O)NCCNC(=O)C1CCCNC1.Cl. The van der Waals surface area contributed by atoms with Gasteiger partial charge in [0.25, 0.3) is 0 Å². The molecule has 0 bridgehead atoms. The van der Waals surface area contributed by atoms with E-state index in [1.165, 1.54) is 0 Å². The Morgan fingerprint density at radius 2 is 2.12 bits per heavy atom. The van der Waals surface area contributed by atoms with Gasteiger partial charge in [0.2, 0.25) is 15.9 Å². The van der Waals surface area contributed by atoms with Crippen LogP contribution in [0.1, 0.15) is 12.8 Å². The van der Waals surface area contributed by atoms with Crippen molar-refractivity contribution < 1.29 is 13.2 Å². The lowest BCUT2D eigenvalue weighted by molar-refractivity contribution is -0.125. The molecular formula is C9H20ClN3O3S. The van der Waals surface area contributed by atoms with Crippen molar-refractivity contribution in [2.24, 2.45) is 5.92 Å². The minimum absolute atomic E-state index is 0. The highest BCUT2D eigenvalue weighted by Crippen LogP contribution is 2.09. The van der Waals surface area contributed by atoms with E-state index < -0.39 is 10.0 Å². The maximum atomic E-state index is 11.6. The number of nitrogens with one attached hydrogen (secondary N) is 3. The zero-order chi connectivity index (χ0) is 12.0. The minimum atomic E-state index is -3.16. The van der Waals surface area contributed by atoms with Crippen LogP contribution in [-0.2, 0) is 14.8 Å². The summed E-state index contributed by atoms with van der Waals surface area (Å²) < 4.78 is 23.8. The molecule has 0 spiro atoms. The quantitative estimate of drug-likeness (QED) is 0.570. The van der Waals surface area contributed by atoms with Gasteiger partial charge in [0.15, 0.2) is 0 Å². The Labute approximate surface area is 108 Å². The maximum absolute atomic E-state index is 11.6. The van der Waals surface area contributed by atoms with Crippen LogP contribution in [0.3, 0.4) is 0 Å². The summed E-state index contributed by atoms with van der Waals surface area (Å²) in [6.07, 6.45) is 3.01. The van der Waals surface area contributed by atoms with Crippen LogP contribution < -0.4 is 15.4 Å². The second kappa shape index (κ2) is 7.86. The molecule has 1 unspecified atom stereocenters. The fourth-order valence-corrected chi connectivity index (χ4v) is 2.11. The smallest absolute Gasteiger partial charge is 0.224 e. The first-order valence-corrected chi connectivity index (χ1v) is 7.31. The van der Waals surface area contributed by atoms with Crippen molar-refractivity contribution in [1.82, 2.24) is 15.4 Å². The summed E-state index contributed by atoms with van der Waals surface area (Å²) in [6.45, 7) is 2.26. The van der Waals surface area contributed by atoms with Crippen molar-refractivity contribution >= 4 is 28.3 Å². The molecule has 8 heteroatoms. The van der Waals surface area contributed by atoms with Gasteiger partial charge in [-0.05, 0) is 19.4 Å². The van der Waals surface area contributed by atoms with Crippen molar-refractivity contribution in [3.8, 4) is 0 Å². The number of hydrogen-bond donors (Lipinski definition) is 3. The van der Waals surface area contributed by atoms with E-state index in [0.29, 0.717) is 13.1 Å². The van der Waals surface area contributed by atoms with Gasteiger partial charge in [-0.25, -0.2) is 13.1 Å². The monoisotopic (exact) mass is 285 g/mol. The minimum Gasteiger partial charge on any atom is -0.355 e. The predicted octanol–water partition coefficient (Wildman–Crippen LogP) is -0.927. The van der Waals surface area contributed by atoms with Crippen molar-refractivity contribution in [2.75, 3.05) is 32.4 Å². The molecule has 1 rings (SSSR count). The number of piperidine rings is 1. The van der Waals surface area contributed by atoms with E-state index in [0.717, 1.165) is 25.6 Å². The van der Waals surface area contributed by atoms with E-state index in [-0.39, 0.29) is 30.8 Å². The summed E-state index contributed by atoms with van der Waals surface area (Å²) in [7, 11) is -3.16. The number of rotatable bonds is 5. The molecule has 1 aliphatic rings. The number of amides is 1. The molecular weight excluding hydrogens is 266 g/mol. The lowest BCUT2D eigenvalue weighted by atomic mass is 9.99. The van der Waals surface area contributed by atoms with E-state index in [2.05, 4.69) is 15.4 Å². The number of carbonyl (C=O) groups excluding carboxylic acids is 1. The van der Waals surface area contributed by atoms with Crippen LogP contribution in [0, 0.1) is 5.92 Å². The molecule has 1 heterocycles. The normalized spacial score (nSPS) is 20.4. The summed E-state index contributed by atoms with van der Waals surface area (Å²) >= 11 is 0. The third-order valence-electron chi connectivity index (χ3n) is 2.46. The first kappa shape index (κ1) is 16.6. The van der Waals surface area contributed by atoms with Gasteiger partial charge < -0.3 is 10.6 Å². The van der Waals surface area contributed by atoms with Gasteiger partial charge in [0.05, 0.1) is 12.2 Å². The Morgan fingerprint density at radius 1 is 1.41 bits per heavy atom. The zero-order valence-electron chi connectivity index (χ0n) is 9.86. The third kappa shape index (κ3) is 7.54. The van der Waals surface area contributed by atoms with Crippen LogP contribution in [0.15, 0.2) is 0 Å². The van der Waals surface area contributed by atoms with Crippen LogP contribution in [0.2, 0.25) is 0 Å². The van der Waals surface area contributed by atoms with E-state index in [1.54, 1.807) is 0 Å². The van der Waals surface area contributed by atoms with Crippen LogP contribution in [0.4, 0.5) is 0 Å². The molecule has 0 radical (unpaired) electrons. The molecule has 1 amide bonds.